The molecule has 78 valence electrons. The predicted octanol–water partition coefficient (Wildman–Crippen LogP) is 3.20. The van der Waals surface area contributed by atoms with Crippen LogP contribution >= 0.6 is 11.3 Å². The number of nitrogens with one attached hydrogen (secondary N) is 1. The molecule has 0 atom stereocenters. The van der Waals surface area contributed by atoms with E-state index >= 15 is 0 Å². The van der Waals surface area contributed by atoms with Crippen molar-refractivity contribution in [3.8, 4) is 0 Å². The number of rotatable bonds is 3. The summed E-state index contributed by atoms with van der Waals surface area (Å²) in [6.07, 6.45) is 1.21. The number of thiophene rings is 1. The average molecular weight is 222 g/mol. The van der Waals surface area contributed by atoms with Gasteiger partial charge in [-0.1, -0.05) is 0 Å². The molecule has 2 rings (SSSR count). The molecule has 0 fully saturated rings. The van der Waals surface area contributed by atoms with E-state index < -0.39 is 0 Å². The van der Waals surface area contributed by atoms with Gasteiger partial charge in [0.15, 0.2) is 0 Å². The van der Waals surface area contributed by atoms with E-state index in [2.05, 4.69) is 29.4 Å². The maximum Gasteiger partial charge on any atom is 0.141 e. The molecule has 0 unspecified atom stereocenters. The molecule has 2 nitrogen and oxygen atoms in total. The first-order chi connectivity index (χ1) is 7.24. The van der Waals surface area contributed by atoms with Crippen molar-refractivity contribution >= 4 is 17.2 Å². The zero-order valence-corrected chi connectivity index (χ0v) is 9.14. The number of aryl methyl sites for hydroxylation is 1. The molecule has 0 aliphatic carbocycles. The highest BCUT2D eigenvalue weighted by atomic mass is 32.1. The van der Waals surface area contributed by atoms with Gasteiger partial charge in [-0.05, 0) is 31.2 Å². The number of pyridine rings is 1. The Kier molecular flexibility index (Phi) is 2.97. The molecule has 2 heterocycles. The van der Waals surface area contributed by atoms with Crippen LogP contribution in [0.15, 0.2) is 30.5 Å². The fraction of sp³-hybridized carbons (Fsp3) is 0.182. The third-order valence-electron chi connectivity index (χ3n) is 1.97. The van der Waals surface area contributed by atoms with Crippen LogP contribution in [0.5, 0.6) is 0 Å². The quantitative estimate of drug-likeness (QED) is 0.862. The number of hydrogen-bond donors (Lipinski definition) is 1. The van der Waals surface area contributed by atoms with Gasteiger partial charge in [-0.3, -0.25) is 0 Å². The van der Waals surface area contributed by atoms with E-state index in [4.69, 9.17) is 0 Å². The largest absolute Gasteiger partial charge is 0.365 e. The second-order valence-corrected chi connectivity index (χ2v) is 4.60. The molecule has 2 aromatic heterocycles. The second-order valence-electron chi connectivity index (χ2n) is 3.23. The van der Waals surface area contributed by atoms with Gasteiger partial charge < -0.3 is 5.32 Å². The van der Waals surface area contributed by atoms with Crippen LogP contribution in [0.25, 0.3) is 0 Å². The SMILES string of the molecule is Cc1ccc(CNc2ccc(F)cn2)s1. The first kappa shape index (κ1) is 10.1. The normalized spacial score (nSPS) is 10.3. The summed E-state index contributed by atoms with van der Waals surface area (Å²) in [6, 6.07) is 7.20. The fourth-order valence-electron chi connectivity index (χ4n) is 1.24. The molecule has 0 aromatic carbocycles. The molecule has 2 aromatic rings. The van der Waals surface area contributed by atoms with E-state index in [1.807, 2.05) is 0 Å². The lowest BCUT2D eigenvalue weighted by atomic mass is 10.4. The van der Waals surface area contributed by atoms with E-state index in [0.29, 0.717) is 5.82 Å². The van der Waals surface area contributed by atoms with Crippen LogP contribution in [-0.2, 0) is 6.54 Å². The molecule has 4 heteroatoms. The molecule has 1 N–H and O–H groups in total. The molecule has 0 spiro atoms. The second kappa shape index (κ2) is 4.40. The minimum atomic E-state index is -0.312. The first-order valence-electron chi connectivity index (χ1n) is 4.65. The summed E-state index contributed by atoms with van der Waals surface area (Å²) in [5, 5.41) is 3.13. The topological polar surface area (TPSA) is 24.9 Å². The smallest absolute Gasteiger partial charge is 0.141 e. The Morgan fingerprint density at radius 2 is 2.20 bits per heavy atom. The van der Waals surface area contributed by atoms with Crippen molar-refractivity contribution in [2.24, 2.45) is 0 Å². The van der Waals surface area contributed by atoms with Crippen LogP contribution in [0.4, 0.5) is 10.2 Å². The van der Waals surface area contributed by atoms with Gasteiger partial charge in [-0.25, -0.2) is 9.37 Å². The van der Waals surface area contributed by atoms with Crippen LogP contribution < -0.4 is 5.32 Å². The third kappa shape index (κ3) is 2.76. The minimum absolute atomic E-state index is 0.312. The number of aromatic nitrogens is 1. The summed E-state index contributed by atoms with van der Waals surface area (Å²) >= 11 is 1.75. The third-order valence-corrected chi connectivity index (χ3v) is 2.97. The van der Waals surface area contributed by atoms with Gasteiger partial charge in [0.1, 0.15) is 11.6 Å². The highest BCUT2D eigenvalue weighted by Gasteiger charge is 1.98. The van der Waals surface area contributed by atoms with Crippen LogP contribution in [-0.4, -0.2) is 4.98 Å². The highest BCUT2D eigenvalue weighted by molar-refractivity contribution is 7.11. The zero-order chi connectivity index (χ0) is 10.7. The lowest BCUT2D eigenvalue weighted by Gasteiger charge is -2.02. The van der Waals surface area contributed by atoms with Gasteiger partial charge >= 0.3 is 0 Å². The van der Waals surface area contributed by atoms with Crippen LogP contribution in [0.2, 0.25) is 0 Å². The Morgan fingerprint density at radius 1 is 1.33 bits per heavy atom. The summed E-state index contributed by atoms with van der Waals surface area (Å²) in [5.41, 5.74) is 0. The Hall–Kier alpha value is -1.42. The number of nitrogens with zero attached hydrogens (tertiary/aromatic N) is 1. The van der Waals surface area contributed by atoms with Crippen molar-refractivity contribution in [3.05, 3.63) is 46.0 Å². The molecule has 0 aliphatic rings. The lowest BCUT2D eigenvalue weighted by molar-refractivity contribution is 0.621. The van der Waals surface area contributed by atoms with E-state index in [1.165, 1.54) is 22.0 Å². The van der Waals surface area contributed by atoms with Crippen LogP contribution in [0.3, 0.4) is 0 Å². The van der Waals surface area contributed by atoms with Crippen LogP contribution in [0.1, 0.15) is 9.75 Å². The van der Waals surface area contributed by atoms with E-state index in [-0.39, 0.29) is 5.82 Å². The first-order valence-corrected chi connectivity index (χ1v) is 5.46. The van der Waals surface area contributed by atoms with Crippen molar-refractivity contribution in [2.45, 2.75) is 13.5 Å². The van der Waals surface area contributed by atoms with E-state index in [1.54, 1.807) is 17.4 Å². The van der Waals surface area contributed by atoms with E-state index in [9.17, 15) is 4.39 Å². The molecular weight excluding hydrogens is 211 g/mol. The standard InChI is InChI=1S/C11H11FN2S/c1-8-2-4-10(15-8)7-14-11-5-3-9(12)6-13-11/h2-6H,7H2,1H3,(H,13,14). The fourth-order valence-corrected chi connectivity index (χ4v) is 2.07. The zero-order valence-electron chi connectivity index (χ0n) is 8.33. The van der Waals surface area contributed by atoms with Crippen molar-refractivity contribution in [3.63, 3.8) is 0 Å². The summed E-state index contributed by atoms with van der Waals surface area (Å²) in [5.74, 6) is 0.384. The molecule has 0 saturated carbocycles. The summed E-state index contributed by atoms with van der Waals surface area (Å²) in [7, 11) is 0. The number of hydrogen-bond acceptors (Lipinski definition) is 3. The Balaban J connectivity index is 1.96. The average Bonchev–Trinajstić information content (AvgIpc) is 2.64. The van der Waals surface area contributed by atoms with Gasteiger partial charge in [-0.15, -0.1) is 11.3 Å². The number of halogens is 1. The Morgan fingerprint density at radius 3 is 2.80 bits per heavy atom. The maximum atomic E-state index is 12.6. The maximum absolute atomic E-state index is 12.6. The lowest BCUT2D eigenvalue weighted by Crippen LogP contribution is -1.99. The van der Waals surface area contributed by atoms with Gasteiger partial charge in [0, 0.05) is 9.75 Å². The molecule has 0 radical (unpaired) electrons. The molecule has 0 bridgehead atoms. The van der Waals surface area contributed by atoms with Crippen LogP contribution in [0, 0.1) is 12.7 Å². The minimum Gasteiger partial charge on any atom is -0.365 e. The van der Waals surface area contributed by atoms with E-state index in [0.717, 1.165) is 6.54 Å². The van der Waals surface area contributed by atoms with Crippen molar-refractivity contribution in [1.82, 2.24) is 4.98 Å². The Labute approximate surface area is 91.8 Å². The summed E-state index contributed by atoms with van der Waals surface area (Å²) < 4.78 is 12.6. The molecular formula is C11H11FN2S. The molecule has 0 saturated heterocycles. The van der Waals surface area contributed by atoms with Crippen molar-refractivity contribution in [1.29, 1.82) is 0 Å². The predicted molar refractivity (Wildman–Crippen MR) is 60.6 cm³/mol. The Bertz CT molecular complexity index is 436. The van der Waals surface area contributed by atoms with Gasteiger partial charge in [0.25, 0.3) is 0 Å². The summed E-state index contributed by atoms with van der Waals surface area (Å²) in [4.78, 5) is 6.46. The van der Waals surface area contributed by atoms with Crippen molar-refractivity contribution in [2.75, 3.05) is 5.32 Å². The number of anilines is 1. The monoisotopic (exact) mass is 222 g/mol. The summed E-state index contributed by atoms with van der Waals surface area (Å²) in [6.45, 7) is 2.81. The molecule has 15 heavy (non-hydrogen) atoms. The molecule has 0 aliphatic heterocycles. The highest BCUT2D eigenvalue weighted by Crippen LogP contribution is 2.16. The van der Waals surface area contributed by atoms with Gasteiger partial charge in [0.05, 0.1) is 12.7 Å². The van der Waals surface area contributed by atoms with Gasteiger partial charge in [-0.2, -0.15) is 0 Å². The van der Waals surface area contributed by atoms with Crippen molar-refractivity contribution < 1.29 is 4.39 Å². The van der Waals surface area contributed by atoms with Gasteiger partial charge in [0.2, 0.25) is 0 Å². The molecule has 0 amide bonds.